The van der Waals surface area contributed by atoms with Gasteiger partial charge in [0.2, 0.25) is 0 Å². The fourth-order valence-electron chi connectivity index (χ4n) is 1.81. The van der Waals surface area contributed by atoms with Crippen molar-refractivity contribution in [2.24, 2.45) is 0 Å². The average molecular weight is 228 g/mol. The van der Waals surface area contributed by atoms with Gasteiger partial charge in [-0.15, -0.1) is 0 Å². The summed E-state index contributed by atoms with van der Waals surface area (Å²) in [5, 5.41) is 3.12. The van der Waals surface area contributed by atoms with Crippen molar-refractivity contribution in [1.29, 1.82) is 0 Å². The summed E-state index contributed by atoms with van der Waals surface area (Å²) in [4.78, 5) is 0. The zero-order valence-corrected chi connectivity index (χ0v) is 9.70. The highest BCUT2D eigenvalue weighted by Crippen LogP contribution is 2.34. The molecule has 0 unspecified atom stereocenters. The molecule has 0 aliphatic heterocycles. The first kappa shape index (κ1) is 11.1. The van der Waals surface area contributed by atoms with Crippen LogP contribution in [0.25, 0.3) is 11.1 Å². The van der Waals surface area contributed by atoms with Crippen LogP contribution < -0.4 is 22.5 Å². The van der Waals surface area contributed by atoms with E-state index in [1.807, 2.05) is 31.3 Å². The lowest BCUT2D eigenvalue weighted by Gasteiger charge is -2.13. The van der Waals surface area contributed by atoms with Crippen molar-refractivity contribution in [3.63, 3.8) is 0 Å². The van der Waals surface area contributed by atoms with Gasteiger partial charge in [-0.2, -0.15) is 0 Å². The van der Waals surface area contributed by atoms with Gasteiger partial charge in [-0.3, -0.25) is 0 Å². The molecular weight excluding hydrogens is 212 g/mol. The number of hydrogen-bond donors (Lipinski definition) is 4. The Kier molecular flexibility index (Phi) is 2.78. The Morgan fingerprint density at radius 2 is 1.41 bits per heavy atom. The van der Waals surface area contributed by atoms with Crippen molar-refractivity contribution in [3.8, 4) is 11.1 Å². The summed E-state index contributed by atoms with van der Waals surface area (Å²) in [5.74, 6) is 0. The molecule has 4 heteroatoms. The topological polar surface area (TPSA) is 90.1 Å². The zero-order chi connectivity index (χ0) is 12.4. The van der Waals surface area contributed by atoms with Gasteiger partial charge in [-0.1, -0.05) is 0 Å². The normalized spacial score (nSPS) is 10.2. The van der Waals surface area contributed by atoms with E-state index in [-0.39, 0.29) is 0 Å². The molecule has 0 heterocycles. The van der Waals surface area contributed by atoms with Gasteiger partial charge in [0.15, 0.2) is 0 Å². The van der Waals surface area contributed by atoms with E-state index in [2.05, 4.69) is 5.32 Å². The lowest BCUT2D eigenvalue weighted by molar-refractivity contribution is 1.50. The summed E-state index contributed by atoms with van der Waals surface area (Å²) in [6.07, 6.45) is 0. The van der Waals surface area contributed by atoms with Gasteiger partial charge in [-0.25, -0.2) is 0 Å². The molecule has 2 aromatic carbocycles. The summed E-state index contributed by atoms with van der Waals surface area (Å²) in [6.45, 7) is 0. The quantitative estimate of drug-likeness (QED) is 0.593. The van der Waals surface area contributed by atoms with Gasteiger partial charge in [0, 0.05) is 40.9 Å². The maximum absolute atomic E-state index is 5.97. The van der Waals surface area contributed by atoms with Crippen LogP contribution in [-0.2, 0) is 0 Å². The number of anilines is 4. The summed E-state index contributed by atoms with van der Waals surface area (Å²) in [5.41, 5.74) is 22.4. The first-order chi connectivity index (χ1) is 8.11. The molecule has 2 rings (SSSR count). The smallest absolute Gasteiger partial charge is 0.0419 e. The Morgan fingerprint density at radius 1 is 0.824 bits per heavy atom. The van der Waals surface area contributed by atoms with Crippen LogP contribution in [0.15, 0.2) is 36.4 Å². The van der Waals surface area contributed by atoms with Crippen LogP contribution in [0.4, 0.5) is 22.7 Å². The minimum Gasteiger partial charge on any atom is -0.399 e. The number of benzene rings is 2. The molecule has 0 radical (unpaired) electrons. The van der Waals surface area contributed by atoms with E-state index >= 15 is 0 Å². The largest absolute Gasteiger partial charge is 0.399 e. The zero-order valence-electron chi connectivity index (χ0n) is 9.70. The van der Waals surface area contributed by atoms with Gasteiger partial charge in [0.25, 0.3) is 0 Å². The number of nitrogens with one attached hydrogen (secondary N) is 1. The van der Waals surface area contributed by atoms with Gasteiger partial charge >= 0.3 is 0 Å². The standard InChI is InChI=1S/C13H16N4/c1-17-13-5-3-9(15)7-11(13)10-6-8(14)2-4-12(10)16/h2-7,17H,14-16H2,1H3. The van der Waals surface area contributed by atoms with E-state index in [1.54, 1.807) is 12.1 Å². The minimum atomic E-state index is 0.679. The maximum Gasteiger partial charge on any atom is 0.0419 e. The van der Waals surface area contributed by atoms with E-state index in [9.17, 15) is 0 Å². The van der Waals surface area contributed by atoms with Gasteiger partial charge in [0.05, 0.1) is 0 Å². The maximum atomic E-state index is 5.97. The summed E-state index contributed by atoms with van der Waals surface area (Å²) < 4.78 is 0. The molecule has 4 nitrogen and oxygen atoms in total. The van der Waals surface area contributed by atoms with Crippen molar-refractivity contribution < 1.29 is 0 Å². The van der Waals surface area contributed by atoms with E-state index in [4.69, 9.17) is 17.2 Å². The Morgan fingerprint density at radius 3 is 2.06 bits per heavy atom. The van der Waals surface area contributed by atoms with Crippen molar-refractivity contribution >= 4 is 22.7 Å². The highest BCUT2D eigenvalue weighted by Gasteiger charge is 2.08. The fourth-order valence-corrected chi connectivity index (χ4v) is 1.81. The second-order valence-electron chi connectivity index (χ2n) is 3.90. The van der Waals surface area contributed by atoms with Crippen LogP contribution in [0, 0.1) is 0 Å². The molecule has 0 atom stereocenters. The number of rotatable bonds is 2. The highest BCUT2D eigenvalue weighted by molar-refractivity contribution is 5.88. The third kappa shape index (κ3) is 2.10. The van der Waals surface area contributed by atoms with E-state index in [0.717, 1.165) is 16.8 Å². The Labute approximate surface area is 100 Å². The molecule has 88 valence electrons. The van der Waals surface area contributed by atoms with Crippen molar-refractivity contribution in [3.05, 3.63) is 36.4 Å². The average Bonchev–Trinajstić information content (AvgIpc) is 2.32. The van der Waals surface area contributed by atoms with Crippen molar-refractivity contribution in [2.75, 3.05) is 29.6 Å². The molecule has 0 aliphatic carbocycles. The van der Waals surface area contributed by atoms with Crippen LogP contribution in [0.2, 0.25) is 0 Å². The molecule has 0 spiro atoms. The third-order valence-electron chi connectivity index (χ3n) is 2.68. The second-order valence-corrected chi connectivity index (χ2v) is 3.90. The molecule has 0 amide bonds. The van der Waals surface area contributed by atoms with Crippen LogP contribution in [0.1, 0.15) is 0 Å². The number of nitrogens with two attached hydrogens (primary N) is 3. The van der Waals surface area contributed by atoms with Crippen LogP contribution in [0.5, 0.6) is 0 Å². The van der Waals surface area contributed by atoms with E-state index in [1.165, 1.54) is 0 Å². The lowest BCUT2D eigenvalue weighted by atomic mass is 10.0. The molecule has 0 aliphatic rings. The third-order valence-corrected chi connectivity index (χ3v) is 2.68. The number of hydrogen-bond acceptors (Lipinski definition) is 4. The molecule has 7 N–H and O–H groups in total. The molecule has 0 aromatic heterocycles. The molecular formula is C13H16N4. The van der Waals surface area contributed by atoms with Crippen molar-refractivity contribution in [1.82, 2.24) is 0 Å². The fraction of sp³-hybridized carbons (Fsp3) is 0.0769. The Balaban J connectivity index is 2.66. The number of nitrogen functional groups attached to an aromatic ring is 3. The SMILES string of the molecule is CNc1ccc(N)cc1-c1cc(N)ccc1N. The Bertz CT molecular complexity index is 549. The van der Waals surface area contributed by atoms with E-state index in [0.29, 0.717) is 17.1 Å². The first-order valence-corrected chi connectivity index (χ1v) is 5.34. The summed E-state index contributed by atoms with van der Waals surface area (Å²) in [6, 6.07) is 11.1. The van der Waals surface area contributed by atoms with Crippen LogP contribution in [0.3, 0.4) is 0 Å². The summed E-state index contributed by atoms with van der Waals surface area (Å²) in [7, 11) is 1.86. The molecule has 17 heavy (non-hydrogen) atoms. The predicted molar refractivity (Wildman–Crippen MR) is 74.7 cm³/mol. The molecule has 2 aromatic rings. The molecule has 0 saturated heterocycles. The van der Waals surface area contributed by atoms with Gasteiger partial charge in [-0.05, 0) is 36.4 Å². The Hall–Kier alpha value is -2.36. The second kappa shape index (κ2) is 4.25. The molecule has 0 fully saturated rings. The molecule has 0 saturated carbocycles. The van der Waals surface area contributed by atoms with Crippen LogP contribution >= 0.6 is 0 Å². The minimum absolute atomic E-state index is 0.679. The monoisotopic (exact) mass is 228 g/mol. The first-order valence-electron chi connectivity index (χ1n) is 5.34. The highest BCUT2D eigenvalue weighted by atomic mass is 14.8. The predicted octanol–water partition coefficient (Wildman–Crippen LogP) is 2.14. The van der Waals surface area contributed by atoms with Crippen LogP contribution in [-0.4, -0.2) is 7.05 Å². The summed E-state index contributed by atoms with van der Waals surface area (Å²) >= 11 is 0. The lowest BCUT2D eigenvalue weighted by Crippen LogP contribution is -1.98. The molecule has 0 bridgehead atoms. The van der Waals surface area contributed by atoms with Gasteiger partial charge in [0.1, 0.15) is 0 Å². The van der Waals surface area contributed by atoms with Crippen molar-refractivity contribution in [2.45, 2.75) is 0 Å². The van der Waals surface area contributed by atoms with Gasteiger partial charge < -0.3 is 22.5 Å². The van der Waals surface area contributed by atoms with E-state index < -0.39 is 0 Å².